The van der Waals surface area contributed by atoms with Crippen molar-refractivity contribution >= 4 is 23.1 Å². The quantitative estimate of drug-likeness (QED) is 0.331. The monoisotopic (exact) mass is 110 g/mol. The fourth-order valence-electron chi connectivity index (χ4n) is 0. The van der Waals surface area contributed by atoms with Crippen molar-refractivity contribution in [1.29, 1.82) is 0 Å². The van der Waals surface area contributed by atoms with Gasteiger partial charge in [-0.05, 0) is 0 Å². The molecule has 0 saturated heterocycles. The van der Waals surface area contributed by atoms with Crippen LogP contribution in [0.15, 0.2) is 0 Å². The first-order chi connectivity index (χ1) is 2.83. The molecule has 0 aromatic rings. The maximum atomic E-state index is 3.49. The zero-order chi connectivity index (χ0) is 5.41. The maximum Gasteiger partial charge on any atom is 2.00 e. The standard InChI is InChI=1S/2C3H7.Mg/c2*1-3-2;/h3H,1-2H3;1,3H2,2H3;/q2*-1;+2. The second-order valence-electron chi connectivity index (χ2n) is 1.08. The van der Waals surface area contributed by atoms with Gasteiger partial charge in [0.1, 0.15) is 0 Å². The molecule has 0 spiro atoms. The Labute approximate surface area is 63.8 Å². The van der Waals surface area contributed by atoms with E-state index >= 15 is 0 Å². The first kappa shape index (κ1) is 15.7. The van der Waals surface area contributed by atoms with Crippen LogP contribution in [0.1, 0.15) is 27.2 Å². The minimum absolute atomic E-state index is 0. The summed E-state index contributed by atoms with van der Waals surface area (Å²) in [5.41, 5.74) is 0. The average molecular weight is 110 g/mol. The third kappa shape index (κ3) is 262. The zero-order valence-electron chi connectivity index (χ0n) is 5.70. The van der Waals surface area contributed by atoms with Gasteiger partial charge in [0.2, 0.25) is 0 Å². The largest absolute Gasteiger partial charge is 2.00 e. The van der Waals surface area contributed by atoms with E-state index in [4.69, 9.17) is 0 Å². The summed E-state index contributed by atoms with van der Waals surface area (Å²) < 4.78 is 0. The van der Waals surface area contributed by atoms with Gasteiger partial charge in [-0.1, -0.05) is 6.92 Å². The summed E-state index contributed by atoms with van der Waals surface area (Å²) in [7, 11) is 0. The normalized spacial score (nSPS) is 5.14. The molecule has 0 nitrogen and oxygen atoms in total. The van der Waals surface area contributed by atoms with Crippen molar-refractivity contribution in [1.82, 2.24) is 0 Å². The number of rotatable bonds is 0. The van der Waals surface area contributed by atoms with E-state index in [1.807, 2.05) is 27.2 Å². The van der Waals surface area contributed by atoms with Crippen molar-refractivity contribution in [2.75, 3.05) is 0 Å². The third-order valence-corrected chi connectivity index (χ3v) is 0. The Kier molecular flexibility index (Phi) is 65.7. The van der Waals surface area contributed by atoms with E-state index in [9.17, 15) is 0 Å². The van der Waals surface area contributed by atoms with Crippen molar-refractivity contribution < 1.29 is 0 Å². The molecule has 0 aliphatic carbocycles. The second kappa shape index (κ2) is 29.4. The topological polar surface area (TPSA) is 0 Å². The Bertz CT molecular complexity index is 6.14. The van der Waals surface area contributed by atoms with E-state index in [0.717, 1.165) is 6.42 Å². The van der Waals surface area contributed by atoms with Gasteiger partial charge in [0.25, 0.3) is 0 Å². The van der Waals surface area contributed by atoms with E-state index in [0.29, 0.717) is 0 Å². The molecule has 0 unspecified atom stereocenters. The molecular formula is C6H14Mg. The Morgan fingerprint density at radius 3 is 1.43 bits per heavy atom. The van der Waals surface area contributed by atoms with E-state index in [1.54, 1.807) is 0 Å². The first-order valence-corrected chi connectivity index (χ1v) is 2.36. The van der Waals surface area contributed by atoms with Crippen LogP contribution in [0, 0.1) is 13.3 Å². The van der Waals surface area contributed by atoms with E-state index in [-0.39, 0.29) is 23.1 Å². The summed E-state index contributed by atoms with van der Waals surface area (Å²) in [6.07, 6.45) is 3.00. The molecule has 40 valence electrons. The van der Waals surface area contributed by atoms with Crippen LogP contribution in [0.5, 0.6) is 0 Å². The van der Waals surface area contributed by atoms with Crippen molar-refractivity contribution in [2.24, 2.45) is 0 Å². The van der Waals surface area contributed by atoms with Crippen LogP contribution in [0.4, 0.5) is 0 Å². The molecule has 0 aliphatic rings. The molecule has 0 saturated carbocycles. The summed E-state index contributed by atoms with van der Waals surface area (Å²) >= 11 is 0. The van der Waals surface area contributed by atoms with Crippen LogP contribution in [-0.2, 0) is 0 Å². The molecule has 0 bridgehead atoms. The summed E-state index contributed by atoms with van der Waals surface area (Å²) in [4.78, 5) is 0. The average Bonchev–Trinajstić information content (AvgIpc) is 1.39. The van der Waals surface area contributed by atoms with Crippen LogP contribution in [0.2, 0.25) is 0 Å². The van der Waals surface area contributed by atoms with Crippen LogP contribution in [-0.4, -0.2) is 23.1 Å². The van der Waals surface area contributed by atoms with Crippen LogP contribution < -0.4 is 0 Å². The minimum Gasteiger partial charge on any atom is -0.344 e. The van der Waals surface area contributed by atoms with Gasteiger partial charge in [-0.3, -0.25) is 0 Å². The van der Waals surface area contributed by atoms with Gasteiger partial charge < -0.3 is 13.3 Å². The number of hydrogen-bond acceptors (Lipinski definition) is 0. The summed E-state index contributed by atoms with van der Waals surface area (Å²) in [5.74, 6) is 0. The first-order valence-electron chi connectivity index (χ1n) is 2.36. The molecular weight excluding hydrogens is 96.4 g/mol. The Balaban J connectivity index is -0.0000000400. The maximum absolute atomic E-state index is 3.49. The van der Waals surface area contributed by atoms with Gasteiger partial charge in [0.05, 0.1) is 0 Å². The molecule has 0 aromatic heterocycles. The van der Waals surface area contributed by atoms with Gasteiger partial charge in [0, 0.05) is 0 Å². The van der Waals surface area contributed by atoms with E-state index in [1.165, 1.54) is 0 Å². The molecule has 1 heteroatoms. The van der Waals surface area contributed by atoms with Crippen molar-refractivity contribution in [3.05, 3.63) is 13.3 Å². The van der Waals surface area contributed by atoms with Crippen molar-refractivity contribution in [3.8, 4) is 0 Å². The SMILES string of the molecule is C[CH-]C.[CH2-]CC.[Mg+2]. The van der Waals surface area contributed by atoms with Gasteiger partial charge in [-0.25, -0.2) is 0 Å². The fourth-order valence-corrected chi connectivity index (χ4v) is 0. The van der Waals surface area contributed by atoms with Crippen LogP contribution in [0.3, 0.4) is 0 Å². The summed E-state index contributed by atoms with van der Waals surface area (Å²) in [6.45, 7) is 9.50. The number of hydrogen-bond donors (Lipinski definition) is 0. The van der Waals surface area contributed by atoms with E-state index in [2.05, 4.69) is 6.92 Å². The van der Waals surface area contributed by atoms with Gasteiger partial charge in [0.15, 0.2) is 0 Å². The molecule has 0 rings (SSSR count). The van der Waals surface area contributed by atoms with Gasteiger partial charge in [-0.2, -0.15) is 20.3 Å². The molecule has 0 atom stereocenters. The predicted octanol–water partition coefficient (Wildman–Crippen LogP) is 2.08. The molecule has 0 amide bonds. The van der Waals surface area contributed by atoms with Gasteiger partial charge >= 0.3 is 23.1 Å². The predicted molar refractivity (Wildman–Crippen MR) is 37.0 cm³/mol. The summed E-state index contributed by atoms with van der Waals surface area (Å²) in [5, 5.41) is 0. The molecule has 0 aromatic carbocycles. The Morgan fingerprint density at radius 2 is 1.43 bits per heavy atom. The second-order valence-corrected chi connectivity index (χ2v) is 1.08. The van der Waals surface area contributed by atoms with Crippen molar-refractivity contribution in [3.63, 3.8) is 0 Å². The molecule has 0 N–H and O–H groups in total. The molecule has 0 radical (unpaired) electrons. The smallest absolute Gasteiger partial charge is 0.344 e. The Morgan fingerprint density at radius 1 is 1.43 bits per heavy atom. The van der Waals surface area contributed by atoms with Crippen molar-refractivity contribution in [2.45, 2.75) is 27.2 Å². The third-order valence-electron chi connectivity index (χ3n) is 0. The molecule has 0 heterocycles. The van der Waals surface area contributed by atoms with E-state index < -0.39 is 0 Å². The van der Waals surface area contributed by atoms with Gasteiger partial charge in [-0.15, -0.1) is 0 Å². The fraction of sp³-hybridized carbons (Fsp3) is 0.667. The molecule has 7 heavy (non-hydrogen) atoms. The minimum atomic E-state index is 0. The van der Waals surface area contributed by atoms with Crippen LogP contribution in [0.25, 0.3) is 0 Å². The molecule has 0 aliphatic heterocycles. The zero-order valence-corrected chi connectivity index (χ0v) is 7.11. The Hall–Kier alpha value is 0.766. The molecule has 0 fully saturated rings. The summed E-state index contributed by atoms with van der Waals surface area (Å²) in [6, 6.07) is 0. The van der Waals surface area contributed by atoms with Crippen LogP contribution >= 0.6 is 0 Å².